The lowest BCUT2D eigenvalue weighted by Gasteiger charge is -2.06. The van der Waals surface area contributed by atoms with Gasteiger partial charge in [0, 0.05) is 31.1 Å². The zero-order chi connectivity index (χ0) is 13.0. The third-order valence-corrected chi connectivity index (χ3v) is 2.77. The summed E-state index contributed by atoms with van der Waals surface area (Å²) in [5, 5.41) is 10.5. The van der Waals surface area contributed by atoms with E-state index in [1.54, 1.807) is 18.3 Å². The van der Waals surface area contributed by atoms with Gasteiger partial charge in [-0.05, 0) is 12.0 Å². The summed E-state index contributed by atoms with van der Waals surface area (Å²) >= 11 is 0. The number of aromatic nitrogens is 2. The molecule has 94 valence electrons. The smallest absolute Gasteiger partial charge is 0.269 e. The highest BCUT2D eigenvalue weighted by molar-refractivity contribution is 5.32. The average Bonchev–Trinajstić information content (AvgIpc) is 2.84. The highest BCUT2D eigenvalue weighted by Gasteiger charge is 2.05. The Morgan fingerprint density at radius 3 is 2.67 bits per heavy atom. The number of nitrogens with two attached hydrogens (primary N) is 1. The van der Waals surface area contributed by atoms with Crippen LogP contribution in [0.4, 0.5) is 5.69 Å². The van der Waals surface area contributed by atoms with E-state index in [1.807, 2.05) is 10.8 Å². The van der Waals surface area contributed by atoms with Crippen LogP contribution in [0.2, 0.25) is 0 Å². The van der Waals surface area contributed by atoms with Gasteiger partial charge >= 0.3 is 0 Å². The van der Waals surface area contributed by atoms with Gasteiger partial charge in [-0.2, -0.15) is 0 Å². The van der Waals surface area contributed by atoms with E-state index < -0.39 is 4.92 Å². The second kappa shape index (κ2) is 5.42. The Hall–Kier alpha value is -2.21. The first-order valence-corrected chi connectivity index (χ1v) is 5.64. The zero-order valence-corrected chi connectivity index (χ0v) is 9.82. The van der Waals surface area contributed by atoms with E-state index in [4.69, 9.17) is 5.73 Å². The van der Waals surface area contributed by atoms with Gasteiger partial charge in [0.2, 0.25) is 0 Å². The fourth-order valence-corrected chi connectivity index (χ4v) is 1.77. The Morgan fingerprint density at radius 2 is 2.06 bits per heavy atom. The van der Waals surface area contributed by atoms with Crippen LogP contribution in [0.3, 0.4) is 0 Å². The number of nitro benzene ring substituents is 1. The van der Waals surface area contributed by atoms with Crippen LogP contribution in [0, 0.1) is 10.1 Å². The molecule has 0 amide bonds. The van der Waals surface area contributed by atoms with Crippen molar-refractivity contribution >= 4 is 5.69 Å². The fraction of sp³-hybridized carbons (Fsp3) is 0.250. The van der Waals surface area contributed by atoms with Gasteiger partial charge in [-0.15, -0.1) is 0 Å². The van der Waals surface area contributed by atoms with Crippen molar-refractivity contribution in [3.8, 4) is 0 Å². The second-order valence-electron chi connectivity index (χ2n) is 3.91. The SMILES string of the molecule is NCc1nccn1CCc1ccc([N+](=O)[O-])cc1. The van der Waals surface area contributed by atoms with Crippen LogP contribution in [0.1, 0.15) is 11.4 Å². The minimum Gasteiger partial charge on any atom is -0.334 e. The number of rotatable bonds is 5. The Bertz CT molecular complexity index is 533. The molecule has 0 aliphatic rings. The van der Waals surface area contributed by atoms with Crippen molar-refractivity contribution in [2.75, 3.05) is 0 Å². The molecule has 0 fully saturated rings. The molecule has 1 heterocycles. The first-order chi connectivity index (χ1) is 8.70. The molecule has 0 spiro atoms. The lowest BCUT2D eigenvalue weighted by atomic mass is 10.1. The summed E-state index contributed by atoms with van der Waals surface area (Å²) in [4.78, 5) is 14.3. The quantitative estimate of drug-likeness (QED) is 0.639. The zero-order valence-electron chi connectivity index (χ0n) is 9.82. The van der Waals surface area contributed by atoms with Crippen molar-refractivity contribution in [2.45, 2.75) is 19.5 Å². The Labute approximate surface area is 104 Å². The minimum absolute atomic E-state index is 0.115. The molecule has 0 saturated heterocycles. The van der Waals surface area contributed by atoms with Gasteiger partial charge in [-0.25, -0.2) is 4.98 Å². The predicted molar refractivity (Wildman–Crippen MR) is 66.9 cm³/mol. The van der Waals surface area contributed by atoms with Crippen LogP contribution in [0.15, 0.2) is 36.7 Å². The predicted octanol–water partition coefficient (Wildman–Crippen LogP) is 1.49. The summed E-state index contributed by atoms with van der Waals surface area (Å²) in [5.41, 5.74) is 6.73. The maximum atomic E-state index is 10.5. The van der Waals surface area contributed by atoms with Crippen LogP contribution in [-0.2, 0) is 19.5 Å². The molecule has 2 aromatic rings. The molecule has 0 unspecified atom stereocenters. The summed E-state index contributed by atoms with van der Waals surface area (Å²) < 4.78 is 1.99. The van der Waals surface area contributed by atoms with Crippen molar-refractivity contribution in [1.82, 2.24) is 9.55 Å². The number of hydrogen-bond donors (Lipinski definition) is 1. The van der Waals surface area contributed by atoms with Gasteiger partial charge < -0.3 is 10.3 Å². The topological polar surface area (TPSA) is 87.0 Å². The molecule has 6 heteroatoms. The van der Waals surface area contributed by atoms with Crippen molar-refractivity contribution in [3.63, 3.8) is 0 Å². The molecule has 0 atom stereocenters. The lowest BCUT2D eigenvalue weighted by molar-refractivity contribution is -0.384. The number of nitrogens with zero attached hydrogens (tertiary/aromatic N) is 3. The van der Waals surface area contributed by atoms with Crippen LogP contribution < -0.4 is 5.73 Å². The average molecular weight is 246 g/mol. The van der Waals surface area contributed by atoms with Crippen molar-refractivity contribution < 1.29 is 4.92 Å². The van der Waals surface area contributed by atoms with Gasteiger partial charge in [0.05, 0.1) is 11.5 Å². The molecule has 18 heavy (non-hydrogen) atoms. The summed E-state index contributed by atoms with van der Waals surface area (Å²) in [6.07, 6.45) is 4.40. The third kappa shape index (κ3) is 2.72. The molecule has 2 rings (SSSR count). The largest absolute Gasteiger partial charge is 0.334 e. The van der Waals surface area contributed by atoms with Gasteiger partial charge in [-0.1, -0.05) is 12.1 Å². The standard InChI is InChI=1S/C12H14N4O2/c13-9-12-14-6-8-15(12)7-5-10-1-3-11(4-2-10)16(17)18/h1-4,6,8H,5,7,9,13H2. The molecule has 6 nitrogen and oxygen atoms in total. The summed E-state index contributed by atoms with van der Waals surface area (Å²) in [5.74, 6) is 0.844. The third-order valence-electron chi connectivity index (χ3n) is 2.77. The van der Waals surface area contributed by atoms with Crippen molar-refractivity contribution in [3.05, 3.63) is 58.2 Å². The molecule has 2 N–H and O–H groups in total. The molecule has 1 aromatic heterocycles. The minimum atomic E-state index is -0.397. The van der Waals surface area contributed by atoms with Crippen LogP contribution in [0.5, 0.6) is 0 Å². The summed E-state index contributed by atoms with van der Waals surface area (Å²) in [7, 11) is 0. The fourth-order valence-electron chi connectivity index (χ4n) is 1.77. The molecule has 0 radical (unpaired) electrons. The first kappa shape index (κ1) is 12.3. The highest BCUT2D eigenvalue weighted by atomic mass is 16.6. The molecule has 0 bridgehead atoms. The maximum absolute atomic E-state index is 10.5. The lowest BCUT2D eigenvalue weighted by Crippen LogP contribution is -2.09. The van der Waals surface area contributed by atoms with E-state index in [0.717, 1.165) is 24.4 Å². The number of imidazole rings is 1. The van der Waals surface area contributed by atoms with Crippen LogP contribution in [-0.4, -0.2) is 14.5 Å². The second-order valence-corrected chi connectivity index (χ2v) is 3.91. The maximum Gasteiger partial charge on any atom is 0.269 e. The van der Waals surface area contributed by atoms with Crippen molar-refractivity contribution in [2.24, 2.45) is 5.73 Å². The van der Waals surface area contributed by atoms with Gasteiger partial charge in [0.15, 0.2) is 0 Å². The van der Waals surface area contributed by atoms with Crippen molar-refractivity contribution in [1.29, 1.82) is 0 Å². The Balaban J connectivity index is 2.00. The van der Waals surface area contributed by atoms with Crippen LogP contribution >= 0.6 is 0 Å². The molecule has 0 aliphatic heterocycles. The first-order valence-electron chi connectivity index (χ1n) is 5.64. The molecule has 0 aliphatic carbocycles. The van der Waals surface area contributed by atoms with E-state index in [-0.39, 0.29) is 5.69 Å². The number of hydrogen-bond acceptors (Lipinski definition) is 4. The van der Waals surface area contributed by atoms with E-state index in [9.17, 15) is 10.1 Å². The molecular weight excluding hydrogens is 232 g/mol. The normalized spacial score (nSPS) is 10.5. The van der Waals surface area contributed by atoms with Gasteiger partial charge in [-0.3, -0.25) is 10.1 Å². The monoisotopic (exact) mass is 246 g/mol. The molecule has 0 saturated carbocycles. The summed E-state index contributed by atoms with van der Waals surface area (Å²) in [6, 6.07) is 6.59. The van der Waals surface area contributed by atoms with E-state index in [0.29, 0.717) is 6.54 Å². The number of benzene rings is 1. The molecular formula is C12H14N4O2. The number of nitro groups is 1. The van der Waals surface area contributed by atoms with Crippen LogP contribution in [0.25, 0.3) is 0 Å². The van der Waals surface area contributed by atoms with E-state index >= 15 is 0 Å². The van der Waals surface area contributed by atoms with Gasteiger partial charge in [0.1, 0.15) is 5.82 Å². The van der Waals surface area contributed by atoms with Gasteiger partial charge in [0.25, 0.3) is 5.69 Å². The van der Waals surface area contributed by atoms with E-state index in [2.05, 4.69) is 4.98 Å². The number of aryl methyl sites for hydroxylation is 2. The Kier molecular flexibility index (Phi) is 3.69. The van der Waals surface area contributed by atoms with E-state index in [1.165, 1.54) is 12.1 Å². The number of non-ortho nitro benzene ring substituents is 1. The highest BCUT2D eigenvalue weighted by Crippen LogP contribution is 2.13. The summed E-state index contributed by atoms with van der Waals surface area (Å²) in [6.45, 7) is 1.18. The Morgan fingerprint density at radius 1 is 1.33 bits per heavy atom. The molecule has 1 aromatic carbocycles.